The number of benzene rings is 1. The summed E-state index contributed by atoms with van der Waals surface area (Å²) in [5, 5.41) is 9.60. The predicted molar refractivity (Wildman–Crippen MR) is 72.7 cm³/mol. The van der Waals surface area contributed by atoms with Crippen LogP contribution in [0.1, 0.15) is 12.5 Å². The molecule has 0 amide bonds. The number of ether oxygens (including phenoxy) is 3. The molecule has 5 heteroatoms. The molecule has 106 valence electrons. The Labute approximate surface area is 118 Å². The lowest BCUT2D eigenvalue weighted by molar-refractivity contribution is 0.00188. The quantitative estimate of drug-likeness (QED) is 0.837. The fourth-order valence-corrected chi connectivity index (χ4v) is 2.73. The van der Waals surface area contributed by atoms with E-state index in [0.717, 1.165) is 30.2 Å². The lowest BCUT2D eigenvalue weighted by atomic mass is 9.91. The van der Waals surface area contributed by atoms with Crippen LogP contribution in [0.25, 0.3) is 0 Å². The third-order valence-corrected chi connectivity index (χ3v) is 3.94. The summed E-state index contributed by atoms with van der Waals surface area (Å²) in [6.07, 6.45) is 0.667. The van der Waals surface area contributed by atoms with Gasteiger partial charge in [0.25, 0.3) is 0 Å². The van der Waals surface area contributed by atoms with Gasteiger partial charge in [-0.25, -0.2) is 0 Å². The molecule has 1 aromatic rings. The fraction of sp³-hybridized carbons (Fsp3) is 0.533. The molecule has 20 heavy (non-hydrogen) atoms. The molecule has 0 saturated carbocycles. The summed E-state index contributed by atoms with van der Waals surface area (Å²) in [7, 11) is 0. The highest BCUT2D eigenvalue weighted by atomic mass is 16.7. The molecule has 3 rings (SSSR count). The molecule has 0 N–H and O–H groups in total. The van der Waals surface area contributed by atoms with Crippen LogP contribution in [0.3, 0.4) is 0 Å². The molecular formula is C15H18N2O3. The largest absolute Gasteiger partial charge is 0.454 e. The van der Waals surface area contributed by atoms with E-state index in [1.165, 1.54) is 0 Å². The van der Waals surface area contributed by atoms with Crippen LogP contribution >= 0.6 is 0 Å². The average Bonchev–Trinajstić information content (AvgIpc) is 2.95. The Bertz CT molecular complexity index is 534. The van der Waals surface area contributed by atoms with Crippen LogP contribution in [0.15, 0.2) is 18.2 Å². The molecule has 5 nitrogen and oxygen atoms in total. The fourth-order valence-electron chi connectivity index (χ4n) is 2.73. The van der Waals surface area contributed by atoms with Gasteiger partial charge in [-0.2, -0.15) is 5.26 Å². The van der Waals surface area contributed by atoms with Crippen LogP contribution in [0, 0.1) is 11.3 Å². The molecule has 2 heterocycles. The summed E-state index contributed by atoms with van der Waals surface area (Å²) in [5.41, 5.74) is 0.571. The SMILES string of the molecule is CC(C#N)(Cc1ccc2c(c1)OCO2)N1CCOCC1. The molecule has 0 spiro atoms. The van der Waals surface area contributed by atoms with Crippen molar-refractivity contribution in [3.8, 4) is 17.6 Å². The topological polar surface area (TPSA) is 54.7 Å². The zero-order valence-electron chi connectivity index (χ0n) is 11.6. The van der Waals surface area contributed by atoms with E-state index in [1.807, 2.05) is 25.1 Å². The van der Waals surface area contributed by atoms with Crippen LogP contribution in [-0.4, -0.2) is 43.5 Å². The zero-order valence-corrected chi connectivity index (χ0v) is 11.6. The molecule has 0 bridgehead atoms. The van der Waals surface area contributed by atoms with Crippen molar-refractivity contribution < 1.29 is 14.2 Å². The van der Waals surface area contributed by atoms with Gasteiger partial charge in [0.05, 0.1) is 19.3 Å². The monoisotopic (exact) mass is 274 g/mol. The molecule has 0 aromatic heterocycles. The summed E-state index contributed by atoms with van der Waals surface area (Å²) in [4.78, 5) is 2.20. The minimum atomic E-state index is -0.516. The molecule has 1 unspecified atom stereocenters. The second-order valence-corrected chi connectivity index (χ2v) is 5.35. The van der Waals surface area contributed by atoms with Crippen molar-refractivity contribution in [2.24, 2.45) is 0 Å². The Balaban J connectivity index is 1.78. The first kappa shape index (κ1) is 13.2. The Hall–Kier alpha value is -1.77. The maximum Gasteiger partial charge on any atom is 0.231 e. The van der Waals surface area contributed by atoms with Crippen molar-refractivity contribution in [2.75, 3.05) is 33.1 Å². The summed E-state index contributed by atoms with van der Waals surface area (Å²) >= 11 is 0. The van der Waals surface area contributed by atoms with Crippen molar-refractivity contribution in [3.63, 3.8) is 0 Å². The second kappa shape index (κ2) is 5.31. The standard InChI is InChI=1S/C15H18N2O3/c1-15(10-16,17-4-6-18-7-5-17)9-12-2-3-13-14(8-12)20-11-19-13/h2-3,8H,4-7,9,11H2,1H3. The predicted octanol–water partition coefficient (Wildman–Crippen LogP) is 1.57. The summed E-state index contributed by atoms with van der Waals surface area (Å²) in [5.74, 6) is 1.54. The van der Waals surface area contributed by atoms with Crippen molar-refractivity contribution >= 4 is 0 Å². The van der Waals surface area contributed by atoms with Crippen molar-refractivity contribution in [1.29, 1.82) is 5.26 Å². The first-order valence-corrected chi connectivity index (χ1v) is 6.84. The van der Waals surface area contributed by atoms with Crippen molar-refractivity contribution in [3.05, 3.63) is 23.8 Å². The lowest BCUT2D eigenvalue weighted by Crippen LogP contribution is -2.52. The highest BCUT2D eigenvalue weighted by Crippen LogP contribution is 2.34. The Morgan fingerprint density at radius 2 is 2.00 bits per heavy atom. The van der Waals surface area contributed by atoms with E-state index >= 15 is 0 Å². The van der Waals surface area contributed by atoms with E-state index < -0.39 is 5.54 Å². The smallest absolute Gasteiger partial charge is 0.231 e. The highest BCUT2D eigenvalue weighted by molar-refractivity contribution is 5.45. The zero-order chi connectivity index (χ0) is 14.0. The summed E-state index contributed by atoms with van der Waals surface area (Å²) < 4.78 is 16.1. The molecule has 1 saturated heterocycles. The third-order valence-electron chi connectivity index (χ3n) is 3.94. The van der Waals surface area contributed by atoms with Gasteiger partial charge in [0.15, 0.2) is 11.5 Å². The number of fused-ring (bicyclic) bond motifs is 1. The minimum Gasteiger partial charge on any atom is -0.454 e. The van der Waals surface area contributed by atoms with Gasteiger partial charge in [-0.3, -0.25) is 4.90 Å². The van der Waals surface area contributed by atoms with Gasteiger partial charge < -0.3 is 14.2 Å². The molecule has 1 aromatic carbocycles. The molecule has 1 fully saturated rings. The lowest BCUT2D eigenvalue weighted by Gasteiger charge is -2.38. The first-order chi connectivity index (χ1) is 9.71. The van der Waals surface area contributed by atoms with E-state index in [-0.39, 0.29) is 6.79 Å². The number of rotatable bonds is 3. The van der Waals surface area contributed by atoms with Gasteiger partial charge in [-0.15, -0.1) is 0 Å². The summed E-state index contributed by atoms with van der Waals surface area (Å²) in [6.45, 7) is 5.25. The Morgan fingerprint density at radius 1 is 1.25 bits per heavy atom. The molecular weight excluding hydrogens is 256 g/mol. The van der Waals surface area contributed by atoms with E-state index in [1.54, 1.807) is 0 Å². The molecule has 2 aliphatic rings. The van der Waals surface area contributed by atoms with Crippen LogP contribution in [0.5, 0.6) is 11.5 Å². The van der Waals surface area contributed by atoms with Crippen LogP contribution in [0.2, 0.25) is 0 Å². The third kappa shape index (κ3) is 2.45. The van der Waals surface area contributed by atoms with Crippen LogP contribution < -0.4 is 9.47 Å². The van der Waals surface area contributed by atoms with Crippen molar-refractivity contribution in [1.82, 2.24) is 4.90 Å². The van der Waals surface area contributed by atoms with Crippen molar-refractivity contribution in [2.45, 2.75) is 18.9 Å². The number of morpholine rings is 1. The first-order valence-electron chi connectivity index (χ1n) is 6.84. The van der Waals surface area contributed by atoms with Gasteiger partial charge >= 0.3 is 0 Å². The van der Waals surface area contributed by atoms with E-state index in [0.29, 0.717) is 19.6 Å². The molecule has 1 atom stereocenters. The number of nitriles is 1. The molecule has 2 aliphatic heterocycles. The van der Waals surface area contributed by atoms with E-state index in [9.17, 15) is 5.26 Å². The Kier molecular flexibility index (Phi) is 3.51. The van der Waals surface area contributed by atoms with Gasteiger partial charge in [-0.1, -0.05) is 6.07 Å². The number of hydrogen-bond donors (Lipinski definition) is 0. The van der Waals surface area contributed by atoms with Crippen LogP contribution in [0.4, 0.5) is 0 Å². The summed E-state index contributed by atoms with van der Waals surface area (Å²) in [6, 6.07) is 8.35. The maximum absolute atomic E-state index is 9.60. The van der Waals surface area contributed by atoms with Gasteiger partial charge in [0.2, 0.25) is 6.79 Å². The molecule has 0 aliphatic carbocycles. The van der Waals surface area contributed by atoms with Gasteiger partial charge in [0.1, 0.15) is 5.54 Å². The maximum atomic E-state index is 9.60. The van der Waals surface area contributed by atoms with Gasteiger partial charge in [0, 0.05) is 19.5 Å². The number of nitrogens with zero attached hydrogens (tertiary/aromatic N) is 2. The average molecular weight is 274 g/mol. The van der Waals surface area contributed by atoms with Gasteiger partial charge in [-0.05, 0) is 24.6 Å². The van der Waals surface area contributed by atoms with Crippen LogP contribution in [-0.2, 0) is 11.2 Å². The van der Waals surface area contributed by atoms with E-state index in [4.69, 9.17) is 14.2 Å². The highest BCUT2D eigenvalue weighted by Gasteiger charge is 2.33. The second-order valence-electron chi connectivity index (χ2n) is 5.35. The number of hydrogen-bond acceptors (Lipinski definition) is 5. The minimum absolute atomic E-state index is 0.276. The molecule has 0 radical (unpaired) electrons. The van der Waals surface area contributed by atoms with E-state index in [2.05, 4.69) is 11.0 Å². The normalized spacial score (nSPS) is 21.2. The Morgan fingerprint density at radius 3 is 2.75 bits per heavy atom.